The number of nitrogens with one attached hydrogen (secondary N) is 3. The molecule has 37 heavy (non-hydrogen) atoms. The normalized spacial score (nSPS) is 15.4. The third-order valence-corrected chi connectivity index (χ3v) is 5.99. The van der Waals surface area contributed by atoms with Gasteiger partial charge in [-0.25, -0.2) is 9.79 Å². The van der Waals surface area contributed by atoms with Crippen LogP contribution < -0.4 is 20.4 Å². The third-order valence-electron chi connectivity index (χ3n) is 5.99. The molecule has 3 N–H and O–H groups in total. The van der Waals surface area contributed by atoms with Gasteiger partial charge in [-0.15, -0.1) is 0 Å². The van der Waals surface area contributed by atoms with E-state index in [0.717, 1.165) is 5.69 Å². The molecule has 0 bridgehead atoms. The molecule has 3 aromatic rings. The molecule has 10 nitrogen and oxygen atoms in total. The summed E-state index contributed by atoms with van der Waals surface area (Å²) in [7, 11) is 3.81. The molecule has 192 valence electrons. The molecule has 0 aliphatic carbocycles. The van der Waals surface area contributed by atoms with E-state index in [1.807, 2.05) is 49.3 Å². The lowest BCUT2D eigenvalue weighted by Crippen LogP contribution is -2.50. The standard InChI is InChI=1S/C27H31N7O3/c1-27(2,3)22(35)16-34-21-12-7-6-11-19(21)23(20-13-14-28-32-20)30-24(25(34)36)31-26(37)29-17-9-8-10-18(15-17)33(4)5/h6-15,24H,16H2,1-5H3,(H,28,32)(H2,29,31,37)/t24-/m0/s1. The Balaban J connectivity index is 1.71. The second kappa shape index (κ2) is 10.3. The summed E-state index contributed by atoms with van der Waals surface area (Å²) in [5.41, 5.74) is 3.01. The number of nitrogens with zero attached hydrogens (tertiary/aromatic N) is 4. The van der Waals surface area contributed by atoms with E-state index in [4.69, 9.17) is 0 Å². The number of fused-ring (bicyclic) bond motifs is 1. The first kappa shape index (κ1) is 25.6. The van der Waals surface area contributed by atoms with Crippen LogP contribution in [0, 0.1) is 5.41 Å². The molecule has 1 aliphatic rings. The van der Waals surface area contributed by atoms with Crippen LogP contribution in [0.3, 0.4) is 0 Å². The molecule has 2 heterocycles. The molecule has 4 rings (SSSR count). The number of carbonyl (C=O) groups is 3. The van der Waals surface area contributed by atoms with Crippen molar-refractivity contribution in [3.63, 3.8) is 0 Å². The van der Waals surface area contributed by atoms with E-state index in [2.05, 4.69) is 25.8 Å². The number of aromatic amines is 1. The molecule has 1 aromatic heterocycles. The first-order valence-electron chi connectivity index (χ1n) is 11.9. The summed E-state index contributed by atoms with van der Waals surface area (Å²) in [4.78, 5) is 47.8. The zero-order valence-electron chi connectivity index (χ0n) is 21.6. The number of aromatic nitrogens is 2. The highest BCUT2D eigenvalue weighted by molar-refractivity contribution is 6.20. The summed E-state index contributed by atoms with van der Waals surface area (Å²) >= 11 is 0. The molecule has 2 aromatic carbocycles. The maximum absolute atomic E-state index is 13.8. The number of urea groups is 1. The number of H-pyrrole nitrogens is 1. The average Bonchev–Trinajstić information content (AvgIpc) is 3.35. The zero-order chi connectivity index (χ0) is 26.7. The molecule has 0 unspecified atom stereocenters. The molecule has 1 aliphatic heterocycles. The second-order valence-electron chi connectivity index (χ2n) is 10.0. The number of aliphatic imine (C=N–C) groups is 1. The van der Waals surface area contributed by atoms with Crippen molar-refractivity contribution in [1.29, 1.82) is 0 Å². The molecular formula is C27H31N7O3. The Morgan fingerprint density at radius 3 is 2.51 bits per heavy atom. The van der Waals surface area contributed by atoms with Gasteiger partial charge >= 0.3 is 6.03 Å². The highest BCUT2D eigenvalue weighted by atomic mass is 16.2. The monoisotopic (exact) mass is 501 g/mol. The van der Waals surface area contributed by atoms with E-state index in [1.165, 1.54) is 4.90 Å². The number of anilines is 3. The quantitative estimate of drug-likeness (QED) is 0.478. The van der Waals surface area contributed by atoms with Crippen molar-refractivity contribution in [2.75, 3.05) is 35.8 Å². The van der Waals surface area contributed by atoms with Gasteiger partial charge in [0.15, 0.2) is 5.78 Å². The minimum absolute atomic E-state index is 0.121. The molecule has 10 heteroatoms. The van der Waals surface area contributed by atoms with Gasteiger partial charge in [-0.1, -0.05) is 45.0 Å². The fourth-order valence-electron chi connectivity index (χ4n) is 3.82. The van der Waals surface area contributed by atoms with E-state index >= 15 is 0 Å². The van der Waals surface area contributed by atoms with Crippen LogP contribution >= 0.6 is 0 Å². The number of rotatable bonds is 6. The molecule has 0 saturated carbocycles. The molecule has 0 radical (unpaired) electrons. The van der Waals surface area contributed by atoms with Crippen molar-refractivity contribution < 1.29 is 14.4 Å². The average molecular weight is 502 g/mol. The number of amides is 3. The third kappa shape index (κ3) is 5.69. The van der Waals surface area contributed by atoms with Crippen LogP contribution in [0.15, 0.2) is 65.8 Å². The number of hydrogen-bond donors (Lipinski definition) is 3. The zero-order valence-corrected chi connectivity index (χ0v) is 21.6. The summed E-state index contributed by atoms with van der Waals surface area (Å²) in [5.74, 6) is -0.638. The summed E-state index contributed by atoms with van der Waals surface area (Å²) in [6.45, 7) is 5.26. The van der Waals surface area contributed by atoms with Crippen LogP contribution in [0.1, 0.15) is 32.0 Å². The van der Waals surface area contributed by atoms with Crippen molar-refractivity contribution in [2.24, 2.45) is 10.4 Å². The van der Waals surface area contributed by atoms with Gasteiger partial charge in [0.1, 0.15) is 0 Å². The van der Waals surface area contributed by atoms with Gasteiger partial charge in [0.25, 0.3) is 5.91 Å². The van der Waals surface area contributed by atoms with Crippen molar-refractivity contribution >= 4 is 40.5 Å². The Hall–Kier alpha value is -4.47. The number of Topliss-reactive ketones (excluding diaryl/α,β-unsaturated/α-hetero) is 1. The number of benzene rings is 2. The van der Waals surface area contributed by atoms with Gasteiger partial charge < -0.3 is 20.4 Å². The van der Waals surface area contributed by atoms with Crippen molar-refractivity contribution in [2.45, 2.75) is 26.9 Å². The number of para-hydroxylation sites is 1. The van der Waals surface area contributed by atoms with Crippen LogP contribution in [-0.2, 0) is 9.59 Å². The Morgan fingerprint density at radius 2 is 1.84 bits per heavy atom. The predicted octanol–water partition coefficient (Wildman–Crippen LogP) is 3.42. The Morgan fingerprint density at radius 1 is 1.08 bits per heavy atom. The lowest BCUT2D eigenvalue weighted by Gasteiger charge is -2.28. The lowest BCUT2D eigenvalue weighted by molar-refractivity contribution is -0.127. The van der Waals surface area contributed by atoms with Gasteiger partial charge in [-0.3, -0.25) is 14.7 Å². The Labute approximate surface area is 215 Å². The summed E-state index contributed by atoms with van der Waals surface area (Å²) < 4.78 is 0. The summed E-state index contributed by atoms with van der Waals surface area (Å²) in [5, 5.41) is 12.4. The van der Waals surface area contributed by atoms with Crippen LogP contribution in [0.2, 0.25) is 0 Å². The lowest BCUT2D eigenvalue weighted by atomic mass is 9.90. The largest absolute Gasteiger partial charge is 0.378 e. The molecule has 0 fully saturated rings. The van der Waals surface area contributed by atoms with Gasteiger partial charge in [0.2, 0.25) is 6.17 Å². The molecular weight excluding hydrogens is 470 g/mol. The van der Waals surface area contributed by atoms with Crippen LogP contribution in [-0.4, -0.2) is 60.4 Å². The SMILES string of the molecule is CN(C)c1cccc(NC(=O)N[C@@H]2N=C(c3ccn[nH]3)c3ccccc3N(CC(=O)C(C)(C)C)C2=O)c1. The maximum atomic E-state index is 13.8. The van der Waals surface area contributed by atoms with Gasteiger partial charge in [0.05, 0.1) is 23.6 Å². The second-order valence-corrected chi connectivity index (χ2v) is 10.0. The topological polar surface area (TPSA) is 123 Å². The fraction of sp³-hybridized carbons (Fsp3) is 0.296. The maximum Gasteiger partial charge on any atom is 0.321 e. The Kier molecular flexibility index (Phi) is 7.10. The van der Waals surface area contributed by atoms with Crippen LogP contribution in [0.4, 0.5) is 21.9 Å². The highest BCUT2D eigenvalue weighted by Gasteiger charge is 2.36. The van der Waals surface area contributed by atoms with Crippen LogP contribution in [0.25, 0.3) is 0 Å². The van der Waals surface area contributed by atoms with E-state index in [9.17, 15) is 14.4 Å². The van der Waals surface area contributed by atoms with E-state index < -0.39 is 23.5 Å². The molecule has 3 amide bonds. The van der Waals surface area contributed by atoms with Crippen molar-refractivity contribution in [1.82, 2.24) is 15.5 Å². The fourth-order valence-corrected chi connectivity index (χ4v) is 3.82. The van der Waals surface area contributed by atoms with Crippen LogP contribution in [0.5, 0.6) is 0 Å². The van der Waals surface area contributed by atoms with E-state index in [-0.39, 0.29) is 12.3 Å². The Bertz CT molecular complexity index is 1340. The van der Waals surface area contributed by atoms with Gasteiger partial charge in [-0.2, -0.15) is 5.10 Å². The first-order valence-corrected chi connectivity index (χ1v) is 11.9. The number of hydrogen-bond acceptors (Lipinski definition) is 6. The number of carbonyl (C=O) groups excluding carboxylic acids is 3. The number of ketones is 1. The summed E-state index contributed by atoms with van der Waals surface area (Å²) in [6.07, 6.45) is 0.302. The van der Waals surface area contributed by atoms with Gasteiger partial charge in [-0.05, 0) is 30.3 Å². The van der Waals surface area contributed by atoms with Crippen molar-refractivity contribution in [3.05, 3.63) is 72.1 Å². The minimum atomic E-state index is -1.28. The minimum Gasteiger partial charge on any atom is -0.378 e. The molecule has 0 saturated heterocycles. The highest BCUT2D eigenvalue weighted by Crippen LogP contribution is 2.29. The van der Waals surface area contributed by atoms with Crippen molar-refractivity contribution in [3.8, 4) is 0 Å². The number of benzodiazepines with no additional fused rings is 1. The predicted molar refractivity (Wildman–Crippen MR) is 144 cm³/mol. The molecule has 0 spiro atoms. The van der Waals surface area contributed by atoms with Gasteiger partial charge in [0, 0.05) is 42.6 Å². The van der Waals surface area contributed by atoms with E-state index in [1.54, 1.807) is 51.2 Å². The van der Waals surface area contributed by atoms with E-state index in [0.29, 0.717) is 28.3 Å². The summed E-state index contributed by atoms with van der Waals surface area (Å²) in [6, 6.07) is 15.7. The first-order chi connectivity index (χ1) is 17.5. The smallest absolute Gasteiger partial charge is 0.321 e. The molecule has 1 atom stereocenters.